The molecule has 0 bridgehead atoms. The normalized spacial score (nSPS) is 16.1. The second-order valence-electron chi connectivity index (χ2n) is 10.5. The predicted octanol–water partition coefficient (Wildman–Crippen LogP) is 7.82. The Labute approximate surface area is 259 Å². The van der Waals surface area contributed by atoms with E-state index in [9.17, 15) is 19.1 Å². The maximum absolute atomic E-state index is 14.0. The number of Topliss-reactive ketones (excluding diaryl/α,β-unsaturated/α-hetero) is 1. The van der Waals surface area contributed by atoms with Crippen molar-refractivity contribution in [2.45, 2.75) is 52.0 Å². The molecule has 0 aliphatic carbocycles. The van der Waals surface area contributed by atoms with Crippen LogP contribution in [0, 0.1) is 5.82 Å². The number of amides is 1. The first-order chi connectivity index (χ1) is 21.4. The van der Waals surface area contributed by atoms with E-state index < -0.39 is 23.5 Å². The molecule has 1 aromatic heterocycles. The van der Waals surface area contributed by atoms with E-state index >= 15 is 0 Å². The number of ketones is 1. The third-order valence-electron chi connectivity index (χ3n) is 7.37. The van der Waals surface area contributed by atoms with Crippen LogP contribution in [0.1, 0.15) is 63.1 Å². The number of carbonyl (C=O) groups is 2. The SMILES string of the molecule is CCCCCOc1ccc(C2C(=C(O)c3cccc(OCCCC)c3)C(=O)C(=O)N2c2nc3ccc(F)cc3s2)cc1OC. The lowest BCUT2D eigenvalue weighted by Gasteiger charge is -2.24. The quantitative estimate of drug-likeness (QED) is 0.0706. The van der Waals surface area contributed by atoms with Gasteiger partial charge in [-0.1, -0.05) is 62.6 Å². The minimum absolute atomic E-state index is 0.107. The largest absolute Gasteiger partial charge is 0.507 e. The highest BCUT2D eigenvalue weighted by molar-refractivity contribution is 7.22. The van der Waals surface area contributed by atoms with Gasteiger partial charge in [0.2, 0.25) is 0 Å². The molecule has 1 aliphatic rings. The summed E-state index contributed by atoms with van der Waals surface area (Å²) in [4.78, 5) is 33.2. The predicted molar refractivity (Wildman–Crippen MR) is 169 cm³/mol. The number of thiazole rings is 1. The van der Waals surface area contributed by atoms with Crippen LogP contribution in [0.25, 0.3) is 16.0 Å². The molecule has 3 aromatic carbocycles. The van der Waals surface area contributed by atoms with Crippen LogP contribution in [0.3, 0.4) is 0 Å². The Balaban J connectivity index is 1.62. The van der Waals surface area contributed by atoms with Crippen LogP contribution in [0.2, 0.25) is 0 Å². The number of anilines is 1. The number of aliphatic hydroxyl groups excluding tert-OH is 1. The van der Waals surface area contributed by atoms with Gasteiger partial charge in [-0.05, 0) is 60.9 Å². The Morgan fingerprint density at radius 1 is 0.955 bits per heavy atom. The van der Waals surface area contributed by atoms with Gasteiger partial charge in [-0.3, -0.25) is 14.5 Å². The fourth-order valence-electron chi connectivity index (χ4n) is 5.07. The third kappa shape index (κ3) is 6.40. The van der Waals surface area contributed by atoms with Gasteiger partial charge >= 0.3 is 5.91 Å². The third-order valence-corrected chi connectivity index (χ3v) is 8.39. The van der Waals surface area contributed by atoms with Crippen molar-refractivity contribution in [2.75, 3.05) is 25.2 Å². The molecule has 0 saturated carbocycles. The molecule has 8 nitrogen and oxygen atoms in total. The lowest BCUT2D eigenvalue weighted by Crippen LogP contribution is -2.29. The molecule has 1 fully saturated rings. The number of aliphatic hydroxyl groups is 1. The van der Waals surface area contributed by atoms with Gasteiger partial charge in [0.05, 0.1) is 42.2 Å². The van der Waals surface area contributed by atoms with Gasteiger partial charge in [-0.15, -0.1) is 0 Å². The lowest BCUT2D eigenvalue weighted by molar-refractivity contribution is -0.132. The molecular formula is C34H35FN2O6S. The highest BCUT2D eigenvalue weighted by Gasteiger charge is 2.48. The number of carbonyl (C=O) groups excluding carboxylic acids is 2. The molecule has 2 heterocycles. The summed E-state index contributed by atoms with van der Waals surface area (Å²) in [6.07, 6.45) is 4.82. The number of nitrogens with zero attached hydrogens (tertiary/aromatic N) is 2. The topological polar surface area (TPSA) is 98.2 Å². The van der Waals surface area contributed by atoms with E-state index in [0.717, 1.165) is 43.4 Å². The molecule has 1 N–H and O–H groups in total. The average molecular weight is 619 g/mol. The molecule has 1 unspecified atom stereocenters. The van der Waals surface area contributed by atoms with Crippen LogP contribution < -0.4 is 19.1 Å². The van der Waals surface area contributed by atoms with Crippen LogP contribution in [-0.2, 0) is 9.59 Å². The van der Waals surface area contributed by atoms with Crippen LogP contribution >= 0.6 is 11.3 Å². The molecule has 0 radical (unpaired) electrons. The summed E-state index contributed by atoms with van der Waals surface area (Å²) < 4.78 is 31.9. The molecule has 1 amide bonds. The average Bonchev–Trinajstić information content (AvgIpc) is 3.56. The zero-order valence-corrected chi connectivity index (χ0v) is 25.8. The summed E-state index contributed by atoms with van der Waals surface area (Å²) in [7, 11) is 1.51. The number of aromatic nitrogens is 1. The summed E-state index contributed by atoms with van der Waals surface area (Å²) >= 11 is 1.09. The van der Waals surface area contributed by atoms with Crippen LogP contribution in [-0.4, -0.2) is 42.1 Å². The number of hydrogen-bond acceptors (Lipinski definition) is 8. The standard InChI is InChI=1S/C34H35FN2O6S/c1-4-6-8-17-43-26-15-12-21(19-27(26)41-3)30-29(31(38)22-10-9-11-24(18-22)42-16-7-5-2)32(39)33(40)37(30)34-36-25-14-13-23(35)20-28(25)44-34/h9-15,18-20,30,38H,4-8,16-17H2,1-3H3. The maximum Gasteiger partial charge on any atom is 0.301 e. The molecule has 10 heteroatoms. The Bertz CT molecular complexity index is 1700. The number of unbranched alkanes of at least 4 members (excludes halogenated alkanes) is 3. The monoisotopic (exact) mass is 618 g/mol. The second kappa shape index (κ2) is 13.9. The van der Waals surface area contributed by atoms with Crippen LogP contribution in [0.4, 0.5) is 9.52 Å². The smallest absolute Gasteiger partial charge is 0.301 e. The number of hydrogen-bond donors (Lipinski definition) is 1. The first-order valence-corrected chi connectivity index (χ1v) is 15.6. The zero-order valence-electron chi connectivity index (χ0n) is 25.0. The van der Waals surface area contributed by atoms with E-state index in [0.29, 0.717) is 51.8 Å². The van der Waals surface area contributed by atoms with Crippen molar-refractivity contribution in [1.29, 1.82) is 0 Å². The lowest BCUT2D eigenvalue weighted by atomic mass is 9.95. The molecule has 1 saturated heterocycles. The molecule has 230 valence electrons. The summed E-state index contributed by atoms with van der Waals surface area (Å²) in [5.41, 5.74) is 1.21. The van der Waals surface area contributed by atoms with Gasteiger partial charge in [0.1, 0.15) is 17.3 Å². The maximum atomic E-state index is 14.0. The highest BCUT2D eigenvalue weighted by Crippen LogP contribution is 2.46. The first-order valence-electron chi connectivity index (χ1n) is 14.8. The summed E-state index contributed by atoms with van der Waals surface area (Å²) in [6.45, 7) is 5.20. The number of rotatable bonds is 13. The summed E-state index contributed by atoms with van der Waals surface area (Å²) in [5, 5.41) is 11.8. The Hall–Kier alpha value is -4.44. The molecule has 5 rings (SSSR count). The number of benzene rings is 3. The molecular weight excluding hydrogens is 583 g/mol. The van der Waals surface area contributed by atoms with Crippen molar-refractivity contribution in [3.63, 3.8) is 0 Å². The van der Waals surface area contributed by atoms with E-state index in [1.165, 1.54) is 30.2 Å². The van der Waals surface area contributed by atoms with E-state index in [1.807, 2.05) is 0 Å². The van der Waals surface area contributed by atoms with Crippen molar-refractivity contribution in [3.05, 3.63) is 83.2 Å². The second-order valence-corrected chi connectivity index (χ2v) is 11.5. The minimum atomic E-state index is -1.05. The highest BCUT2D eigenvalue weighted by atomic mass is 32.1. The number of fused-ring (bicyclic) bond motifs is 1. The fraction of sp³-hybridized carbons (Fsp3) is 0.324. The Morgan fingerprint density at radius 2 is 1.75 bits per heavy atom. The molecule has 44 heavy (non-hydrogen) atoms. The van der Waals surface area contributed by atoms with E-state index in [1.54, 1.807) is 42.5 Å². The molecule has 1 aliphatic heterocycles. The van der Waals surface area contributed by atoms with Gasteiger partial charge in [0, 0.05) is 5.56 Å². The number of methoxy groups -OCH3 is 1. The fourth-order valence-corrected chi connectivity index (χ4v) is 6.08. The van der Waals surface area contributed by atoms with Crippen molar-refractivity contribution < 1.29 is 33.3 Å². The molecule has 4 aromatic rings. The van der Waals surface area contributed by atoms with Crippen molar-refractivity contribution >= 4 is 44.1 Å². The van der Waals surface area contributed by atoms with Gasteiger partial charge < -0.3 is 19.3 Å². The molecule has 0 spiro atoms. The van der Waals surface area contributed by atoms with Crippen molar-refractivity contribution in [3.8, 4) is 17.2 Å². The van der Waals surface area contributed by atoms with E-state index in [-0.39, 0.29) is 16.5 Å². The van der Waals surface area contributed by atoms with E-state index in [2.05, 4.69) is 18.8 Å². The first kappa shape index (κ1) is 31.0. The Kier molecular flexibility index (Phi) is 9.79. The molecule has 1 atom stereocenters. The van der Waals surface area contributed by atoms with Crippen LogP contribution in [0.15, 0.2) is 66.2 Å². The van der Waals surface area contributed by atoms with Crippen LogP contribution in [0.5, 0.6) is 17.2 Å². The number of ether oxygens (including phenoxy) is 3. The zero-order chi connectivity index (χ0) is 31.2. The van der Waals surface area contributed by atoms with Gasteiger partial charge in [0.15, 0.2) is 16.6 Å². The summed E-state index contributed by atoms with van der Waals surface area (Å²) in [6, 6.07) is 15.1. The number of halogens is 1. The minimum Gasteiger partial charge on any atom is -0.507 e. The summed E-state index contributed by atoms with van der Waals surface area (Å²) in [5.74, 6) is -1.03. The van der Waals surface area contributed by atoms with Gasteiger partial charge in [-0.25, -0.2) is 9.37 Å². The van der Waals surface area contributed by atoms with Gasteiger partial charge in [-0.2, -0.15) is 0 Å². The van der Waals surface area contributed by atoms with Crippen molar-refractivity contribution in [2.24, 2.45) is 0 Å². The van der Waals surface area contributed by atoms with Gasteiger partial charge in [0.25, 0.3) is 5.78 Å². The van der Waals surface area contributed by atoms with E-state index in [4.69, 9.17) is 14.2 Å². The van der Waals surface area contributed by atoms with Crippen molar-refractivity contribution in [1.82, 2.24) is 4.98 Å². The Morgan fingerprint density at radius 3 is 2.52 bits per heavy atom.